The Hall–Kier alpha value is -4.51. The summed E-state index contributed by atoms with van der Waals surface area (Å²) in [6.45, 7) is 1.81. The van der Waals surface area contributed by atoms with Crippen molar-refractivity contribution >= 4 is 29.3 Å². The van der Waals surface area contributed by atoms with Gasteiger partial charge in [0, 0.05) is 17.1 Å². The van der Waals surface area contributed by atoms with Gasteiger partial charge >= 0.3 is 0 Å². The Morgan fingerprint density at radius 2 is 1.70 bits per heavy atom. The second-order valence-electron chi connectivity index (χ2n) is 8.89. The average molecular weight is 562 g/mol. The number of hydrogen-bond acceptors (Lipinski definition) is 8. The Bertz CT molecular complexity index is 1550. The fourth-order valence-electron chi connectivity index (χ4n) is 4.53. The second-order valence-corrected chi connectivity index (χ2v) is 9.83. The number of fused-ring (bicyclic) bond motifs is 1. The van der Waals surface area contributed by atoms with Crippen LogP contribution in [0, 0.1) is 5.82 Å². The van der Waals surface area contributed by atoms with E-state index in [2.05, 4.69) is 15.6 Å². The van der Waals surface area contributed by atoms with Crippen LogP contribution in [-0.4, -0.2) is 42.0 Å². The number of hydrogen-bond donors (Lipinski definition) is 2. The molecule has 0 unspecified atom stereocenters. The van der Waals surface area contributed by atoms with E-state index in [1.807, 2.05) is 37.3 Å². The molecule has 0 saturated heterocycles. The number of amides is 1. The summed E-state index contributed by atoms with van der Waals surface area (Å²) in [4.78, 5) is 18.4. The number of nitrogens with one attached hydrogen (secondary N) is 2. The minimum atomic E-state index is -0.691. The number of aromatic nitrogens is 3. The van der Waals surface area contributed by atoms with Crippen molar-refractivity contribution in [2.75, 3.05) is 32.0 Å². The van der Waals surface area contributed by atoms with Crippen LogP contribution >= 0.6 is 11.8 Å². The van der Waals surface area contributed by atoms with Crippen molar-refractivity contribution in [3.8, 4) is 17.2 Å². The molecule has 1 atom stereocenters. The highest BCUT2D eigenvalue weighted by Crippen LogP contribution is 2.44. The summed E-state index contributed by atoms with van der Waals surface area (Å²) in [7, 11) is 4.60. The zero-order valence-electron chi connectivity index (χ0n) is 22.4. The lowest BCUT2D eigenvalue weighted by molar-refractivity contribution is -0.113. The van der Waals surface area contributed by atoms with Gasteiger partial charge < -0.3 is 24.8 Å². The van der Waals surface area contributed by atoms with Crippen molar-refractivity contribution in [1.82, 2.24) is 14.8 Å². The number of nitrogens with zero attached hydrogens (tertiary/aromatic N) is 3. The van der Waals surface area contributed by atoms with E-state index in [9.17, 15) is 9.18 Å². The Labute approximate surface area is 235 Å². The summed E-state index contributed by atoms with van der Waals surface area (Å²) in [6, 6.07) is 18.7. The molecule has 3 aromatic carbocycles. The summed E-state index contributed by atoms with van der Waals surface area (Å²) in [5, 5.41) is 11.4. The largest absolute Gasteiger partial charge is 0.493 e. The number of benzene rings is 3. The zero-order valence-corrected chi connectivity index (χ0v) is 23.2. The Morgan fingerprint density at radius 3 is 2.35 bits per heavy atom. The van der Waals surface area contributed by atoms with Crippen LogP contribution in [0.15, 0.2) is 83.2 Å². The lowest BCUT2D eigenvalue weighted by Crippen LogP contribution is -2.31. The molecule has 0 fully saturated rings. The van der Waals surface area contributed by atoms with Gasteiger partial charge in [0.2, 0.25) is 16.9 Å². The highest BCUT2D eigenvalue weighted by atomic mass is 32.2. The minimum absolute atomic E-state index is 0.287. The van der Waals surface area contributed by atoms with E-state index in [-0.39, 0.29) is 11.7 Å². The lowest BCUT2D eigenvalue weighted by Gasteiger charge is -2.29. The van der Waals surface area contributed by atoms with Gasteiger partial charge in [0.15, 0.2) is 11.5 Å². The number of thioether (sulfide) groups is 1. The van der Waals surface area contributed by atoms with E-state index in [0.717, 1.165) is 0 Å². The highest BCUT2D eigenvalue weighted by Gasteiger charge is 2.35. The second kappa shape index (κ2) is 11.7. The molecule has 40 heavy (non-hydrogen) atoms. The molecule has 206 valence electrons. The van der Waals surface area contributed by atoms with Crippen LogP contribution in [0.4, 0.5) is 16.0 Å². The number of carbonyl (C=O) groups excluding carboxylic acids is 1. The van der Waals surface area contributed by atoms with Crippen LogP contribution in [-0.2, 0) is 10.5 Å². The van der Waals surface area contributed by atoms with Gasteiger partial charge in [-0.2, -0.15) is 4.98 Å². The van der Waals surface area contributed by atoms with Gasteiger partial charge in [0.05, 0.1) is 26.9 Å². The van der Waals surface area contributed by atoms with Crippen molar-refractivity contribution in [2.45, 2.75) is 23.9 Å². The van der Waals surface area contributed by atoms with Crippen molar-refractivity contribution in [3.63, 3.8) is 0 Å². The third-order valence-electron chi connectivity index (χ3n) is 6.43. The fourth-order valence-corrected chi connectivity index (χ4v) is 5.35. The molecule has 2 heterocycles. The van der Waals surface area contributed by atoms with E-state index in [4.69, 9.17) is 19.3 Å². The molecule has 11 heteroatoms. The SMILES string of the molecule is COc1cc([C@H]2C(C(=O)Nc3ccccc3)=C(C)Nc3nc(SCc4ccccc4F)nn32)cc(OC)c1OC. The fraction of sp³-hybridized carbons (Fsp3) is 0.207. The van der Waals surface area contributed by atoms with Crippen LogP contribution in [0.1, 0.15) is 24.1 Å². The summed E-state index contributed by atoms with van der Waals surface area (Å²) in [5.74, 6) is 1.50. The maximum absolute atomic E-state index is 14.2. The van der Waals surface area contributed by atoms with E-state index < -0.39 is 6.04 Å². The number of para-hydroxylation sites is 1. The van der Waals surface area contributed by atoms with Gasteiger partial charge in [-0.1, -0.05) is 48.2 Å². The quantitative estimate of drug-likeness (QED) is 0.253. The smallest absolute Gasteiger partial charge is 0.255 e. The molecule has 9 nitrogen and oxygen atoms in total. The number of carbonyl (C=O) groups is 1. The standard InChI is InChI=1S/C29H28FN5O4S/c1-17-24(27(36)32-20-11-6-5-7-12-20)25(19-14-22(37-2)26(39-4)23(15-19)38-3)35-28(31-17)33-29(34-35)40-16-18-10-8-9-13-21(18)30/h5-15,25H,16H2,1-4H3,(H,32,36)(H,31,33,34)/t25-/m0/s1. The summed E-state index contributed by atoms with van der Waals surface area (Å²) < 4.78 is 32.6. The first-order chi connectivity index (χ1) is 19.4. The van der Waals surface area contributed by atoms with Crippen molar-refractivity contribution in [2.24, 2.45) is 0 Å². The molecule has 4 aromatic rings. The molecule has 0 bridgehead atoms. The van der Waals surface area contributed by atoms with Gasteiger partial charge in [-0.15, -0.1) is 5.10 Å². The van der Waals surface area contributed by atoms with E-state index in [1.54, 1.807) is 35.0 Å². The molecule has 1 aromatic heterocycles. The molecule has 0 radical (unpaired) electrons. The maximum atomic E-state index is 14.2. The van der Waals surface area contributed by atoms with Crippen LogP contribution in [0.5, 0.6) is 17.2 Å². The predicted octanol–water partition coefficient (Wildman–Crippen LogP) is 5.66. The topological polar surface area (TPSA) is 99.5 Å². The number of ether oxygens (including phenoxy) is 3. The maximum Gasteiger partial charge on any atom is 0.255 e. The molecular weight excluding hydrogens is 533 g/mol. The summed E-state index contributed by atoms with van der Waals surface area (Å²) in [6.07, 6.45) is 0. The van der Waals surface area contributed by atoms with Crippen molar-refractivity contribution < 1.29 is 23.4 Å². The van der Waals surface area contributed by atoms with Gasteiger partial charge in [0.25, 0.3) is 5.91 Å². The summed E-state index contributed by atoms with van der Waals surface area (Å²) in [5.41, 5.74) is 2.91. The Morgan fingerprint density at radius 1 is 1.02 bits per heavy atom. The van der Waals surface area contributed by atoms with Gasteiger partial charge in [-0.05, 0) is 48.4 Å². The predicted molar refractivity (Wildman–Crippen MR) is 152 cm³/mol. The molecule has 2 N–H and O–H groups in total. The Kier molecular flexibility index (Phi) is 7.92. The first-order valence-electron chi connectivity index (χ1n) is 12.4. The van der Waals surface area contributed by atoms with E-state index >= 15 is 0 Å². The molecule has 0 aliphatic carbocycles. The number of anilines is 2. The monoisotopic (exact) mass is 561 g/mol. The van der Waals surface area contributed by atoms with Gasteiger partial charge in [-0.3, -0.25) is 4.79 Å². The number of halogens is 1. The number of methoxy groups -OCH3 is 3. The molecule has 5 rings (SSSR count). The van der Waals surface area contributed by atoms with Crippen LogP contribution in [0.3, 0.4) is 0 Å². The zero-order chi connectivity index (χ0) is 28.2. The van der Waals surface area contributed by atoms with Gasteiger partial charge in [0.1, 0.15) is 11.9 Å². The van der Waals surface area contributed by atoms with Crippen molar-refractivity contribution in [1.29, 1.82) is 0 Å². The molecular formula is C29H28FN5O4S. The van der Waals surface area contributed by atoms with Crippen molar-refractivity contribution in [3.05, 3.63) is 94.9 Å². The molecule has 1 amide bonds. The van der Waals surface area contributed by atoms with Gasteiger partial charge in [-0.25, -0.2) is 9.07 Å². The lowest BCUT2D eigenvalue weighted by atomic mass is 9.94. The number of rotatable bonds is 9. The third kappa shape index (κ3) is 5.32. The van der Waals surface area contributed by atoms with E-state index in [1.165, 1.54) is 39.2 Å². The molecule has 1 aliphatic rings. The normalized spacial score (nSPS) is 14.3. The first-order valence-corrected chi connectivity index (χ1v) is 13.4. The van der Waals surface area contributed by atoms with Crippen LogP contribution in [0.2, 0.25) is 0 Å². The van der Waals surface area contributed by atoms with E-state index in [0.29, 0.717) is 62.2 Å². The first kappa shape index (κ1) is 27.1. The highest BCUT2D eigenvalue weighted by molar-refractivity contribution is 7.98. The van der Waals surface area contributed by atoms with Crippen LogP contribution < -0.4 is 24.8 Å². The average Bonchev–Trinajstić information content (AvgIpc) is 3.37. The molecule has 0 spiro atoms. The van der Waals surface area contributed by atoms with Crippen LogP contribution in [0.25, 0.3) is 0 Å². The minimum Gasteiger partial charge on any atom is -0.493 e. The Balaban J connectivity index is 1.58. The third-order valence-corrected chi connectivity index (χ3v) is 7.31. The molecule has 0 saturated carbocycles. The summed E-state index contributed by atoms with van der Waals surface area (Å²) >= 11 is 1.30. The molecule has 1 aliphatic heterocycles. The number of allylic oxidation sites excluding steroid dienone is 1.